The molecule has 3 heterocycles. The lowest BCUT2D eigenvalue weighted by Gasteiger charge is -2.35. The number of hydrogen-bond donors (Lipinski definition) is 2. The Morgan fingerprint density at radius 2 is 1.83 bits per heavy atom. The second-order valence-corrected chi connectivity index (χ2v) is 9.67. The highest BCUT2D eigenvalue weighted by Crippen LogP contribution is 2.34. The van der Waals surface area contributed by atoms with Gasteiger partial charge in [-0.3, -0.25) is 0 Å². The third kappa shape index (κ3) is 4.88. The van der Waals surface area contributed by atoms with Gasteiger partial charge in [0.05, 0.1) is 0 Å². The van der Waals surface area contributed by atoms with E-state index in [9.17, 15) is 9.18 Å². The highest BCUT2D eigenvalue weighted by Gasteiger charge is 2.26. The summed E-state index contributed by atoms with van der Waals surface area (Å²) in [6.07, 6.45) is 0. The number of nitrogen functional groups attached to an aromatic ring is 1. The molecule has 0 saturated carbocycles. The molecule has 1 aliphatic rings. The normalized spacial score (nSPS) is 14.8. The molecule has 1 fully saturated rings. The highest BCUT2D eigenvalue weighted by atomic mass is 32.1. The van der Waals surface area contributed by atoms with Crippen LogP contribution in [0.1, 0.15) is 29.0 Å². The predicted octanol–water partition coefficient (Wildman–Crippen LogP) is 4.62. The van der Waals surface area contributed by atoms with Crippen molar-refractivity contribution in [1.29, 1.82) is 0 Å². The van der Waals surface area contributed by atoms with Gasteiger partial charge in [0.25, 0.3) is 0 Å². The zero-order valence-electron chi connectivity index (χ0n) is 19.5. The van der Waals surface area contributed by atoms with Crippen LogP contribution in [0.15, 0.2) is 48.5 Å². The number of nitrogens with two attached hydrogens (primary N) is 1. The van der Waals surface area contributed by atoms with E-state index in [-0.39, 0.29) is 23.7 Å². The van der Waals surface area contributed by atoms with E-state index < -0.39 is 0 Å². The van der Waals surface area contributed by atoms with Crippen molar-refractivity contribution in [2.75, 3.05) is 42.1 Å². The maximum atomic E-state index is 13.3. The molecular weight excluding hydrogens is 465 g/mol. The van der Waals surface area contributed by atoms with Gasteiger partial charge in [0, 0.05) is 37.8 Å². The molecule has 5 rings (SSSR count). The number of nitrogens with one attached hydrogen (secondary N) is 1. The topological polar surface area (TPSA) is 100 Å². The Morgan fingerprint density at radius 1 is 1.09 bits per heavy atom. The second-order valence-electron chi connectivity index (χ2n) is 8.66. The molecule has 10 heteroatoms. The molecule has 1 atom stereocenters. The lowest BCUT2D eigenvalue weighted by atomic mass is 10.0. The van der Waals surface area contributed by atoms with E-state index in [0.717, 1.165) is 26.7 Å². The van der Waals surface area contributed by atoms with Crippen molar-refractivity contribution in [3.8, 4) is 0 Å². The van der Waals surface area contributed by atoms with Crippen molar-refractivity contribution in [2.45, 2.75) is 19.8 Å². The minimum absolute atomic E-state index is 0.0222. The van der Waals surface area contributed by atoms with Crippen molar-refractivity contribution >= 4 is 45.2 Å². The summed E-state index contributed by atoms with van der Waals surface area (Å²) in [5.41, 5.74) is 9.58. The second kappa shape index (κ2) is 9.46. The van der Waals surface area contributed by atoms with E-state index in [1.54, 1.807) is 17.0 Å². The molecule has 4 aromatic rings. The standard InChI is InChI=1S/C25H26FN7OS/c1-15-4-3-5-19(14-15)28-25(34)33-12-10-32(11-13-33)21-20-23(31-24(27)30-21)35-22(29-20)16(2)17-6-8-18(26)9-7-17/h3-9,14,16H,10-13H2,1-2H3,(H,28,34)(H2,27,30,31). The summed E-state index contributed by atoms with van der Waals surface area (Å²) in [4.78, 5) is 31.1. The first-order chi connectivity index (χ1) is 16.9. The number of aryl methyl sites for hydroxylation is 1. The summed E-state index contributed by atoms with van der Waals surface area (Å²) >= 11 is 1.47. The van der Waals surface area contributed by atoms with Crippen LogP contribution in [0, 0.1) is 12.7 Å². The van der Waals surface area contributed by atoms with Gasteiger partial charge in [-0.25, -0.2) is 19.2 Å². The third-order valence-electron chi connectivity index (χ3n) is 6.15. The zero-order chi connectivity index (χ0) is 24.5. The van der Waals surface area contributed by atoms with Crippen LogP contribution in [-0.4, -0.2) is 52.1 Å². The van der Waals surface area contributed by atoms with E-state index in [1.165, 1.54) is 23.5 Å². The molecular formula is C25H26FN7OS. The number of carbonyl (C=O) groups excluding carboxylic acids is 1. The number of fused-ring (bicyclic) bond motifs is 1. The van der Waals surface area contributed by atoms with Crippen molar-refractivity contribution in [3.05, 3.63) is 70.5 Å². The van der Waals surface area contributed by atoms with Crippen LogP contribution < -0.4 is 16.0 Å². The Hall–Kier alpha value is -3.79. The van der Waals surface area contributed by atoms with Crippen LogP contribution in [-0.2, 0) is 0 Å². The number of carbonyl (C=O) groups is 1. The summed E-state index contributed by atoms with van der Waals surface area (Å²) in [6.45, 7) is 6.33. The smallest absolute Gasteiger partial charge is 0.321 e. The Kier molecular flexibility index (Phi) is 6.21. The number of benzene rings is 2. The van der Waals surface area contributed by atoms with Gasteiger partial charge in [-0.15, -0.1) is 0 Å². The van der Waals surface area contributed by atoms with E-state index >= 15 is 0 Å². The molecule has 1 aliphatic heterocycles. The van der Waals surface area contributed by atoms with Gasteiger partial charge in [0.1, 0.15) is 16.3 Å². The molecule has 35 heavy (non-hydrogen) atoms. The molecule has 1 saturated heterocycles. The number of aromatic nitrogens is 3. The Bertz CT molecular complexity index is 1370. The first kappa shape index (κ1) is 23.0. The van der Waals surface area contributed by atoms with Crippen molar-refractivity contribution in [2.24, 2.45) is 0 Å². The molecule has 2 amide bonds. The van der Waals surface area contributed by atoms with E-state index in [1.807, 2.05) is 38.1 Å². The Labute approximate surface area is 206 Å². The fraction of sp³-hybridized carbons (Fsp3) is 0.280. The molecule has 2 aromatic heterocycles. The van der Waals surface area contributed by atoms with Crippen LogP contribution in [0.5, 0.6) is 0 Å². The van der Waals surface area contributed by atoms with E-state index in [0.29, 0.717) is 37.5 Å². The number of halogens is 1. The number of anilines is 3. The highest BCUT2D eigenvalue weighted by molar-refractivity contribution is 7.18. The SMILES string of the molecule is Cc1cccc(NC(=O)N2CCN(c3nc(N)nc4sc(C(C)c5ccc(F)cc5)nc34)CC2)c1. The van der Waals surface area contributed by atoms with Gasteiger partial charge in [-0.1, -0.05) is 42.5 Å². The monoisotopic (exact) mass is 491 g/mol. The minimum Gasteiger partial charge on any atom is -0.368 e. The lowest BCUT2D eigenvalue weighted by molar-refractivity contribution is 0.208. The van der Waals surface area contributed by atoms with Gasteiger partial charge in [0.2, 0.25) is 5.95 Å². The summed E-state index contributed by atoms with van der Waals surface area (Å²) in [5, 5.41) is 3.83. The molecule has 3 N–H and O–H groups in total. The molecule has 0 spiro atoms. The van der Waals surface area contributed by atoms with Crippen LogP contribution in [0.3, 0.4) is 0 Å². The lowest BCUT2D eigenvalue weighted by Crippen LogP contribution is -2.50. The number of urea groups is 1. The number of piperazine rings is 1. The largest absolute Gasteiger partial charge is 0.368 e. The van der Waals surface area contributed by atoms with Gasteiger partial charge in [-0.2, -0.15) is 4.98 Å². The zero-order valence-corrected chi connectivity index (χ0v) is 20.3. The average Bonchev–Trinajstić information content (AvgIpc) is 3.27. The van der Waals surface area contributed by atoms with E-state index in [4.69, 9.17) is 10.7 Å². The van der Waals surface area contributed by atoms with Gasteiger partial charge in [-0.05, 0) is 42.3 Å². The van der Waals surface area contributed by atoms with Gasteiger partial charge < -0.3 is 20.9 Å². The number of amides is 2. The summed E-state index contributed by atoms with van der Waals surface area (Å²) in [6, 6.07) is 14.1. The molecule has 0 radical (unpaired) electrons. The maximum Gasteiger partial charge on any atom is 0.321 e. The minimum atomic E-state index is -0.266. The van der Waals surface area contributed by atoms with Gasteiger partial charge in [0.15, 0.2) is 10.6 Å². The van der Waals surface area contributed by atoms with Crippen LogP contribution in [0.2, 0.25) is 0 Å². The summed E-state index contributed by atoms with van der Waals surface area (Å²) in [5.74, 6) is 0.584. The molecule has 0 aliphatic carbocycles. The average molecular weight is 492 g/mol. The first-order valence-electron chi connectivity index (χ1n) is 11.4. The van der Waals surface area contributed by atoms with Crippen molar-refractivity contribution < 1.29 is 9.18 Å². The van der Waals surface area contributed by atoms with Crippen LogP contribution in [0.4, 0.5) is 26.6 Å². The molecule has 1 unspecified atom stereocenters. The first-order valence-corrected chi connectivity index (χ1v) is 12.3. The third-order valence-corrected chi connectivity index (χ3v) is 7.28. The number of nitrogens with zero attached hydrogens (tertiary/aromatic N) is 5. The fourth-order valence-electron chi connectivity index (χ4n) is 4.19. The molecule has 2 aromatic carbocycles. The molecule has 0 bridgehead atoms. The molecule has 180 valence electrons. The van der Waals surface area contributed by atoms with Crippen LogP contribution >= 0.6 is 11.3 Å². The van der Waals surface area contributed by atoms with Crippen LogP contribution in [0.25, 0.3) is 10.3 Å². The maximum absolute atomic E-state index is 13.3. The van der Waals surface area contributed by atoms with Gasteiger partial charge >= 0.3 is 6.03 Å². The summed E-state index contributed by atoms with van der Waals surface area (Å²) < 4.78 is 13.3. The predicted molar refractivity (Wildman–Crippen MR) is 138 cm³/mol. The number of rotatable bonds is 4. The Balaban J connectivity index is 1.32. The Morgan fingerprint density at radius 3 is 2.54 bits per heavy atom. The van der Waals surface area contributed by atoms with E-state index in [2.05, 4.69) is 20.2 Å². The summed E-state index contributed by atoms with van der Waals surface area (Å²) in [7, 11) is 0. The number of hydrogen-bond acceptors (Lipinski definition) is 7. The quantitative estimate of drug-likeness (QED) is 0.432. The van der Waals surface area contributed by atoms with Crippen molar-refractivity contribution in [1.82, 2.24) is 19.9 Å². The molecule has 8 nitrogen and oxygen atoms in total. The fourth-order valence-corrected chi connectivity index (χ4v) is 5.21. The number of thiazole rings is 1. The van der Waals surface area contributed by atoms with Crippen molar-refractivity contribution in [3.63, 3.8) is 0 Å².